The van der Waals surface area contributed by atoms with Gasteiger partial charge in [-0.05, 0) is 67.7 Å². The quantitative estimate of drug-likeness (QED) is 0.669. The van der Waals surface area contributed by atoms with Gasteiger partial charge in [0.15, 0.2) is 4.90 Å². The van der Waals surface area contributed by atoms with Crippen molar-refractivity contribution in [2.24, 2.45) is 5.73 Å². The molecule has 1 aromatic rings. The SMILES string of the molecule is Cc1ccc([S+](C)[O-])cc1[C@]12CCCCC[C@]1(N)[C@@H]1C(C2)N1C. The predicted molar refractivity (Wildman–Crippen MR) is 95.1 cm³/mol. The van der Waals surface area contributed by atoms with E-state index in [0.717, 1.165) is 11.3 Å². The molecular weight excluding hydrogens is 304 g/mol. The minimum Gasteiger partial charge on any atom is -0.612 e. The maximum Gasteiger partial charge on any atom is 0.152 e. The molecule has 1 aliphatic heterocycles. The molecule has 3 nitrogen and oxygen atoms in total. The molecule has 23 heavy (non-hydrogen) atoms. The fraction of sp³-hybridized carbons (Fsp3) is 0.684. The third-order valence-electron chi connectivity index (χ3n) is 6.96. The molecular formula is C19H28N2OS. The number of likely N-dealkylation sites (N-methyl/N-ethyl adjacent to an activating group) is 1. The number of piperidine rings is 1. The first kappa shape index (κ1) is 15.9. The Labute approximate surface area is 142 Å². The Morgan fingerprint density at radius 1 is 1.26 bits per heavy atom. The van der Waals surface area contributed by atoms with Gasteiger partial charge in [0.1, 0.15) is 6.26 Å². The molecule has 1 saturated heterocycles. The zero-order valence-corrected chi connectivity index (χ0v) is 15.3. The van der Waals surface area contributed by atoms with Crippen LogP contribution in [0.1, 0.15) is 49.7 Å². The Bertz CT molecular complexity index is 634. The summed E-state index contributed by atoms with van der Waals surface area (Å²) in [7, 11) is 2.23. The Morgan fingerprint density at radius 2 is 2.00 bits per heavy atom. The lowest BCUT2D eigenvalue weighted by Crippen LogP contribution is -2.60. The van der Waals surface area contributed by atoms with Gasteiger partial charge in [-0.15, -0.1) is 0 Å². The zero-order valence-electron chi connectivity index (χ0n) is 14.5. The van der Waals surface area contributed by atoms with Gasteiger partial charge >= 0.3 is 0 Å². The summed E-state index contributed by atoms with van der Waals surface area (Å²) < 4.78 is 12.0. The fourth-order valence-corrected chi connectivity index (χ4v) is 6.27. The van der Waals surface area contributed by atoms with Gasteiger partial charge in [-0.3, -0.25) is 4.90 Å². The van der Waals surface area contributed by atoms with Crippen LogP contribution in [-0.4, -0.2) is 40.4 Å². The molecule has 4 rings (SSSR count). The van der Waals surface area contributed by atoms with Crippen molar-refractivity contribution in [3.8, 4) is 0 Å². The van der Waals surface area contributed by atoms with E-state index in [1.165, 1.54) is 43.2 Å². The predicted octanol–water partition coefficient (Wildman–Crippen LogP) is 2.72. The smallest absolute Gasteiger partial charge is 0.152 e. The van der Waals surface area contributed by atoms with Crippen LogP contribution in [0.5, 0.6) is 0 Å². The Hall–Kier alpha value is -0.550. The first-order valence-electron chi connectivity index (χ1n) is 8.86. The molecule has 0 radical (unpaired) electrons. The minimum absolute atomic E-state index is 0.0742. The van der Waals surface area contributed by atoms with Gasteiger partial charge in [0.25, 0.3) is 0 Å². The third-order valence-corrected chi connectivity index (χ3v) is 7.88. The van der Waals surface area contributed by atoms with E-state index in [1.54, 1.807) is 6.26 Å². The summed E-state index contributed by atoms with van der Waals surface area (Å²) in [4.78, 5) is 3.42. The number of fused-ring (bicyclic) bond motifs is 3. The molecule has 2 N–H and O–H groups in total. The molecule has 0 amide bonds. The standard InChI is InChI=1S/C19H28N2OS/c1-13-7-8-14(23(3)22)11-15(13)18-9-5-4-6-10-19(18,20)17-16(12-18)21(17)2/h7-8,11,16-17H,4-6,9-10,12,20H2,1-3H3/t16?,17-,18+,19-,21?,23?/m0/s1. The number of hydrogen-bond donors (Lipinski definition) is 1. The average Bonchev–Trinajstić information content (AvgIpc) is 3.11. The molecule has 126 valence electrons. The van der Waals surface area contributed by atoms with E-state index in [-0.39, 0.29) is 11.0 Å². The lowest BCUT2D eigenvalue weighted by atomic mass is 9.62. The van der Waals surface area contributed by atoms with E-state index in [2.05, 4.69) is 31.0 Å². The molecule has 3 aliphatic rings. The zero-order chi connectivity index (χ0) is 16.4. The van der Waals surface area contributed by atoms with Crippen molar-refractivity contribution in [3.05, 3.63) is 29.3 Å². The van der Waals surface area contributed by atoms with Crippen molar-refractivity contribution in [1.82, 2.24) is 4.90 Å². The molecule has 0 bridgehead atoms. The van der Waals surface area contributed by atoms with Crippen molar-refractivity contribution in [3.63, 3.8) is 0 Å². The van der Waals surface area contributed by atoms with Gasteiger partial charge in [-0.2, -0.15) is 0 Å². The maximum atomic E-state index is 12.0. The molecule has 2 saturated carbocycles. The van der Waals surface area contributed by atoms with Gasteiger partial charge in [0, 0.05) is 23.0 Å². The van der Waals surface area contributed by atoms with Crippen LogP contribution in [-0.2, 0) is 16.6 Å². The lowest BCUT2D eigenvalue weighted by Gasteiger charge is -2.47. The summed E-state index contributed by atoms with van der Waals surface area (Å²) in [6.45, 7) is 2.20. The van der Waals surface area contributed by atoms with Gasteiger partial charge < -0.3 is 10.3 Å². The van der Waals surface area contributed by atoms with Crippen LogP contribution in [0.4, 0.5) is 0 Å². The van der Waals surface area contributed by atoms with Crippen molar-refractivity contribution >= 4 is 11.2 Å². The van der Waals surface area contributed by atoms with E-state index in [0.29, 0.717) is 12.1 Å². The topological polar surface area (TPSA) is 52.1 Å². The summed E-state index contributed by atoms with van der Waals surface area (Å²) >= 11 is -0.937. The second-order valence-corrected chi connectivity index (χ2v) is 9.38. The number of aryl methyl sites for hydroxylation is 1. The number of benzene rings is 1. The van der Waals surface area contributed by atoms with E-state index < -0.39 is 11.2 Å². The van der Waals surface area contributed by atoms with Crippen LogP contribution in [0, 0.1) is 6.92 Å². The fourth-order valence-electron chi connectivity index (χ4n) is 5.73. The highest BCUT2D eigenvalue weighted by molar-refractivity contribution is 7.90. The first-order valence-corrected chi connectivity index (χ1v) is 10.4. The van der Waals surface area contributed by atoms with Crippen molar-refractivity contribution in [1.29, 1.82) is 0 Å². The third kappa shape index (κ3) is 2.08. The molecule has 2 aliphatic carbocycles. The highest BCUT2D eigenvalue weighted by Gasteiger charge is 2.72. The number of nitrogens with zero attached hydrogens (tertiary/aromatic N) is 1. The number of rotatable bonds is 2. The van der Waals surface area contributed by atoms with Crippen molar-refractivity contribution in [2.45, 2.75) is 73.4 Å². The Balaban J connectivity index is 1.86. The van der Waals surface area contributed by atoms with Crippen molar-refractivity contribution in [2.75, 3.05) is 13.3 Å². The van der Waals surface area contributed by atoms with Gasteiger partial charge in [0.05, 0.1) is 0 Å². The van der Waals surface area contributed by atoms with Crippen LogP contribution >= 0.6 is 0 Å². The minimum atomic E-state index is -0.937. The van der Waals surface area contributed by atoms with Crippen LogP contribution in [0.2, 0.25) is 0 Å². The van der Waals surface area contributed by atoms with Gasteiger partial charge in [-0.1, -0.05) is 25.3 Å². The summed E-state index contributed by atoms with van der Waals surface area (Å²) in [5, 5.41) is 0. The van der Waals surface area contributed by atoms with Gasteiger partial charge in [-0.25, -0.2) is 0 Å². The van der Waals surface area contributed by atoms with Crippen LogP contribution in [0.3, 0.4) is 0 Å². The summed E-state index contributed by atoms with van der Waals surface area (Å²) in [5.74, 6) is 0. The Kier molecular flexibility index (Phi) is 3.62. The number of likely N-dealkylation sites (tertiary alicyclic amines) is 1. The van der Waals surface area contributed by atoms with Crippen LogP contribution in [0.15, 0.2) is 23.1 Å². The summed E-state index contributed by atoms with van der Waals surface area (Å²) in [6, 6.07) is 7.56. The highest BCUT2D eigenvalue weighted by Crippen LogP contribution is 2.62. The molecule has 3 fully saturated rings. The lowest BCUT2D eigenvalue weighted by molar-refractivity contribution is 0.178. The molecule has 0 aromatic heterocycles. The number of nitrogens with two attached hydrogens (primary N) is 1. The van der Waals surface area contributed by atoms with Crippen molar-refractivity contribution < 1.29 is 4.55 Å². The van der Waals surface area contributed by atoms with E-state index in [1.807, 2.05) is 6.07 Å². The highest BCUT2D eigenvalue weighted by atomic mass is 32.2. The van der Waals surface area contributed by atoms with Crippen LogP contribution < -0.4 is 5.73 Å². The largest absolute Gasteiger partial charge is 0.612 e. The maximum absolute atomic E-state index is 12.0. The van der Waals surface area contributed by atoms with Crippen LogP contribution in [0.25, 0.3) is 0 Å². The second kappa shape index (κ2) is 5.22. The van der Waals surface area contributed by atoms with E-state index >= 15 is 0 Å². The molecule has 6 atom stereocenters. The second-order valence-electron chi connectivity index (χ2n) is 8.00. The van der Waals surface area contributed by atoms with E-state index in [9.17, 15) is 4.55 Å². The van der Waals surface area contributed by atoms with Gasteiger partial charge in [0.2, 0.25) is 0 Å². The normalized spacial score (nSPS) is 43.4. The molecule has 4 heteroatoms. The average molecular weight is 333 g/mol. The monoisotopic (exact) mass is 332 g/mol. The summed E-state index contributed by atoms with van der Waals surface area (Å²) in [5.41, 5.74) is 9.84. The molecule has 1 aromatic carbocycles. The molecule has 1 heterocycles. The molecule has 3 unspecified atom stereocenters. The summed E-state index contributed by atoms with van der Waals surface area (Å²) in [6.07, 6.45) is 9.05. The number of hydrogen-bond acceptors (Lipinski definition) is 3. The Morgan fingerprint density at radius 3 is 2.74 bits per heavy atom. The van der Waals surface area contributed by atoms with E-state index in [4.69, 9.17) is 5.73 Å². The molecule has 0 spiro atoms. The first-order chi connectivity index (χ1) is 10.9.